The molecule has 2 N–H and O–H groups in total. The van der Waals surface area contributed by atoms with E-state index >= 15 is 0 Å². The molecule has 31 heavy (non-hydrogen) atoms. The number of hydrogen-bond acceptors (Lipinski definition) is 7. The quantitative estimate of drug-likeness (QED) is 0.448. The molecule has 0 bridgehead atoms. The first-order valence-corrected chi connectivity index (χ1v) is 10.8. The van der Waals surface area contributed by atoms with Crippen LogP contribution < -0.4 is 19.7 Å². The Balaban J connectivity index is 1.41. The molecule has 1 aromatic heterocycles. The van der Waals surface area contributed by atoms with Crippen LogP contribution in [-0.2, 0) is 19.6 Å². The van der Waals surface area contributed by atoms with Gasteiger partial charge in [0.15, 0.2) is 5.75 Å². The Kier molecular flexibility index (Phi) is 5.54. The van der Waals surface area contributed by atoms with Crippen molar-refractivity contribution >= 4 is 39.1 Å². The summed E-state index contributed by atoms with van der Waals surface area (Å²) in [5.74, 6) is -0.185. The number of anilines is 3. The fraction of sp³-hybridized carbons (Fsp3) is 0.0952. The van der Waals surface area contributed by atoms with E-state index in [1.807, 2.05) is 0 Å². The van der Waals surface area contributed by atoms with Crippen molar-refractivity contribution in [3.8, 4) is 5.75 Å². The molecule has 9 nitrogen and oxygen atoms in total. The van der Waals surface area contributed by atoms with E-state index in [-0.39, 0.29) is 29.7 Å². The highest BCUT2D eigenvalue weighted by Gasteiger charge is 2.25. The minimum atomic E-state index is -3.81. The molecule has 0 radical (unpaired) electrons. The van der Waals surface area contributed by atoms with E-state index in [9.17, 15) is 18.0 Å². The molecule has 1 amide bonds. The number of sulfonamides is 1. The minimum absolute atomic E-state index is 0.0313. The molecule has 0 saturated heterocycles. The van der Waals surface area contributed by atoms with Crippen LogP contribution in [0.5, 0.6) is 5.75 Å². The zero-order chi connectivity index (χ0) is 21.8. The summed E-state index contributed by atoms with van der Waals surface area (Å²) in [5, 5.41) is 2.70. The van der Waals surface area contributed by atoms with E-state index in [1.54, 1.807) is 47.4 Å². The molecule has 0 atom stereocenters. The zero-order valence-corrected chi connectivity index (χ0v) is 17.0. The lowest BCUT2D eigenvalue weighted by atomic mass is 10.2. The Morgan fingerprint density at radius 1 is 1.03 bits per heavy atom. The first kappa shape index (κ1) is 20.4. The van der Waals surface area contributed by atoms with Gasteiger partial charge in [0.25, 0.3) is 10.0 Å². The number of esters is 1. The van der Waals surface area contributed by atoms with Crippen LogP contribution >= 0.6 is 0 Å². The summed E-state index contributed by atoms with van der Waals surface area (Å²) >= 11 is 0. The molecular formula is C21H18N4O5S. The van der Waals surface area contributed by atoms with E-state index in [1.165, 1.54) is 30.5 Å². The van der Waals surface area contributed by atoms with Crippen molar-refractivity contribution < 1.29 is 22.7 Å². The van der Waals surface area contributed by atoms with Gasteiger partial charge in [0.2, 0.25) is 5.91 Å². The van der Waals surface area contributed by atoms with Gasteiger partial charge in [0, 0.05) is 11.9 Å². The molecule has 3 aromatic rings. The standard InChI is InChI=1S/C21H18N4O5S/c26-20(13-25-14-21(27)30-18-6-2-1-5-17(18)25)23-15-8-10-16(11-9-15)31(28,29)24-19-7-3-4-12-22-19/h1-12H,13-14H2,(H,22,24)(H,23,26). The first-order valence-electron chi connectivity index (χ1n) is 9.29. The summed E-state index contributed by atoms with van der Waals surface area (Å²) in [5.41, 5.74) is 1.08. The molecule has 0 fully saturated rings. The lowest BCUT2D eigenvalue weighted by Crippen LogP contribution is -2.41. The minimum Gasteiger partial charge on any atom is -0.423 e. The highest BCUT2D eigenvalue weighted by Crippen LogP contribution is 2.31. The third kappa shape index (κ3) is 4.81. The summed E-state index contributed by atoms with van der Waals surface area (Å²) in [6, 6.07) is 17.6. The molecule has 1 aliphatic rings. The average Bonchev–Trinajstić information content (AvgIpc) is 2.74. The third-order valence-corrected chi connectivity index (χ3v) is 5.81. The number of nitrogens with one attached hydrogen (secondary N) is 2. The van der Waals surface area contributed by atoms with Gasteiger partial charge >= 0.3 is 5.97 Å². The molecule has 0 saturated carbocycles. The number of aromatic nitrogens is 1. The lowest BCUT2D eigenvalue weighted by molar-refractivity contribution is -0.133. The van der Waals surface area contributed by atoms with E-state index < -0.39 is 16.0 Å². The Labute approximate surface area is 178 Å². The predicted molar refractivity (Wildman–Crippen MR) is 114 cm³/mol. The Bertz CT molecular complexity index is 1210. The van der Waals surface area contributed by atoms with Crippen molar-refractivity contribution in [3.05, 3.63) is 72.9 Å². The molecular weight excluding hydrogens is 420 g/mol. The predicted octanol–water partition coefficient (Wildman–Crippen LogP) is 2.25. The van der Waals surface area contributed by atoms with Gasteiger partial charge in [-0.2, -0.15) is 0 Å². The highest BCUT2D eigenvalue weighted by molar-refractivity contribution is 7.92. The normalized spacial score (nSPS) is 13.2. The largest absolute Gasteiger partial charge is 0.423 e. The van der Waals surface area contributed by atoms with Crippen molar-refractivity contribution in [2.24, 2.45) is 0 Å². The van der Waals surface area contributed by atoms with Gasteiger partial charge in [0.1, 0.15) is 12.4 Å². The van der Waals surface area contributed by atoms with Crippen molar-refractivity contribution in [2.45, 2.75) is 4.90 Å². The molecule has 0 unspecified atom stereocenters. The summed E-state index contributed by atoms with van der Waals surface area (Å²) in [7, 11) is -3.81. The van der Waals surface area contributed by atoms with Gasteiger partial charge in [-0.1, -0.05) is 18.2 Å². The maximum Gasteiger partial charge on any atom is 0.331 e. The Morgan fingerprint density at radius 2 is 1.77 bits per heavy atom. The van der Waals surface area contributed by atoms with Crippen LogP contribution in [0, 0.1) is 0 Å². The Hall–Kier alpha value is -3.92. The Morgan fingerprint density at radius 3 is 2.52 bits per heavy atom. The van der Waals surface area contributed by atoms with Crippen molar-refractivity contribution in [2.75, 3.05) is 28.0 Å². The second-order valence-corrected chi connectivity index (χ2v) is 8.37. The van der Waals surface area contributed by atoms with Gasteiger partial charge in [-0.25, -0.2) is 18.2 Å². The second-order valence-electron chi connectivity index (χ2n) is 6.69. The SMILES string of the molecule is O=C(CN1CC(=O)Oc2ccccc21)Nc1ccc(S(=O)(=O)Nc2ccccn2)cc1. The van der Waals surface area contributed by atoms with E-state index in [4.69, 9.17) is 4.74 Å². The van der Waals surface area contributed by atoms with Gasteiger partial charge in [-0.05, 0) is 48.5 Å². The monoisotopic (exact) mass is 438 g/mol. The number of carbonyl (C=O) groups excluding carboxylic acids is 2. The van der Waals surface area contributed by atoms with Crippen LogP contribution in [0.2, 0.25) is 0 Å². The summed E-state index contributed by atoms with van der Waals surface area (Å²) in [6.45, 7) is -0.103. The number of benzene rings is 2. The highest BCUT2D eigenvalue weighted by atomic mass is 32.2. The second kappa shape index (κ2) is 8.44. The smallest absolute Gasteiger partial charge is 0.331 e. The molecule has 4 rings (SSSR count). The molecule has 10 heteroatoms. The van der Waals surface area contributed by atoms with E-state index in [2.05, 4.69) is 15.0 Å². The topological polar surface area (TPSA) is 118 Å². The average molecular weight is 438 g/mol. The number of fused-ring (bicyclic) bond motifs is 1. The van der Waals surface area contributed by atoms with Crippen LogP contribution in [0.1, 0.15) is 0 Å². The molecule has 0 spiro atoms. The number of pyridine rings is 1. The number of carbonyl (C=O) groups is 2. The molecule has 158 valence electrons. The molecule has 0 aliphatic carbocycles. The molecule has 2 heterocycles. The lowest BCUT2D eigenvalue weighted by Gasteiger charge is -2.29. The maximum absolute atomic E-state index is 12.5. The van der Waals surface area contributed by atoms with Crippen molar-refractivity contribution in [1.29, 1.82) is 0 Å². The van der Waals surface area contributed by atoms with Gasteiger partial charge in [-0.3, -0.25) is 9.52 Å². The number of para-hydroxylation sites is 2. The van der Waals surface area contributed by atoms with Gasteiger partial charge in [0.05, 0.1) is 17.1 Å². The fourth-order valence-corrected chi connectivity index (χ4v) is 4.06. The summed E-state index contributed by atoms with van der Waals surface area (Å²) in [4.78, 5) is 29.8. The van der Waals surface area contributed by atoms with Crippen molar-refractivity contribution in [1.82, 2.24) is 4.98 Å². The summed E-state index contributed by atoms with van der Waals surface area (Å²) in [6.07, 6.45) is 1.48. The summed E-state index contributed by atoms with van der Waals surface area (Å²) < 4.78 is 32.5. The van der Waals surface area contributed by atoms with E-state index in [0.29, 0.717) is 17.1 Å². The van der Waals surface area contributed by atoms with Crippen LogP contribution in [0.15, 0.2) is 77.8 Å². The molecule has 1 aliphatic heterocycles. The fourth-order valence-electron chi connectivity index (χ4n) is 3.05. The van der Waals surface area contributed by atoms with Gasteiger partial charge < -0.3 is 15.0 Å². The van der Waals surface area contributed by atoms with Crippen LogP contribution in [0.4, 0.5) is 17.2 Å². The number of nitrogens with zero attached hydrogens (tertiary/aromatic N) is 2. The first-order chi connectivity index (χ1) is 14.9. The number of hydrogen-bond donors (Lipinski definition) is 2. The number of ether oxygens (including phenoxy) is 1. The third-order valence-electron chi connectivity index (χ3n) is 4.44. The van der Waals surface area contributed by atoms with Crippen LogP contribution in [0.3, 0.4) is 0 Å². The van der Waals surface area contributed by atoms with E-state index in [0.717, 1.165) is 0 Å². The van der Waals surface area contributed by atoms with Crippen LogP contribution in [-0.4, -0.2) is 38.4 Å². The van der Waals surface area contributed by atoms with Gasteiger partial charge in [-0.15, -0.1) is 0 Å². The van der Waals surface area contributed by atoms with Crippen LogP contribution in [0.25, 0.3) is 0 Å². The van der Waals surface area contributed by atoms with Crippen molar-refractivity contribution in [3.63, 3.8) is 0 Å². The zero-order valence-electron chi connectivity index (χ0n) is 16.2. The number of rotatable bonds is 6. The maximum atomic E-state index is 12.5. The number of amides is 1. The molecule has 2 aromatic carbocycles.